The van der Waals surface area contributed by atoms with E-state index in [0.717, 1.165) is 5.56 Å². The molecule has 1 unspecified atom stereocenters. The first-order chi connectivity index (χ1) is 13.3. The maximum absolute atomic E-state index is 12.7. The van der Waals surface area contributed by atoms with Crippen molar-refractivity contribution in [2.24, 2.45) is 5.92 Å². The highest BCUT2D eigenvalue weighted by atomic mass is 35.5. The summed E-state index contributed by atoms with van der Waals surface area (Å²) in [6.07, 6.45) is 0.495. The molecule has 0 saturated heterocycles. The number of benzene rings is 2. The van der Waals surface area contributed by atoms with Crippen molar-refractivity contribution in [3.63, 3.8) is 0 Å². The third-order valence-electron chi connectivity index (χ3n) is 4.15. The molecule has 28 heavy (non-hydrogen) atoms. The molecular formula is C21H24Cl2N2O3. The molecule has 2 amide bonds. The summed E-state index contributed by atoms with van der Waals surface area (Å²) in [6, 6.07) is 11.4. The molecule has 0 spiro atoms. The topological polar surface area (TPSA) is 67.4 Å². The number of hydrogen-bond acceptors (Lipinski definition) is 3. The van der Waals surface area contributed by atoms with Crippen LogP contribution in [0.25, 0.3) is 0 Å². The van der Waals surface area contributed by atoms with Gasteiger partial charge < -0.3 is 15.4 Å². The molecule has 150 valence electrons. The van der Waals surface area contributed by atoms with Gasteiger partial charge in [-0.3, -0.25) is 9.59 Å². The van der Waals surface area contributed by atoms with Crippen molar-refractivity contribution in [1.82, 2.24) is 10.6 Å². The van der Waals surface area contributed by atoms with Crippen LogP contribution in [0.2, 0.25) is 10.0 Å². The van der Waals surface area contributed by atoms with Gasteiger partial charge in [0.05, 0.1) is 17.7 Å². The van der Waals surface area contributed by atoms with Crippen molar-refractivity contribution in [1.29, 1.82) is 0 Å². The van der Waals surface area contributed by atoms with Crippen molar-refractivity contribution in [3.8, 4) is 5.75 Å². The molecule has 0 fully saturated rings. The van der Waals surface area contributed by atoms with Gasteiger partial charge in [0, 0.05) is 17.1 Å². The summed E-state index contributed by atoms with van der Waals surface area (Å²) in [5.41, 5.74) is 1.13. The number of para-hydroxylation sites is 1. The first-order valence-electron chi connectivity index (χ1n) is 8.97. The lowest BCUT2D eigenvalue weighted by molar-refractivity contribution is -0.123. The highest BCUT2D eigenvalue weighted by molar-refractivity contribution is 6.36. The van der Waals surface area contributed by atoms with Crippen LogP contribution in [0, 0.1) is 5.92 Å². The van der Waals surface area contributed by atoms with Gasteiger partial charge in [0.2, 0.25) is 5.91 Å². The van der Waals surface area contributed by atoms with Gasteiger partial charge in [-0.2, -0.15) is 0 Å². The number of carbonyl (C=O) groups excluding carboxylic acids is 2. The summed E-state index contributed by atoms with van der Waals surface area (Å²) in [7, 11) is 1.58. The zero-order valence-corrected chi connectivity index (χ0v) is 17.6. The van der Waals surface area contributed by atoms with Gasteiger partial charge in [0.1, 0.15) is 11.8 Å². The number of carbonyl (C=O) groups is 2. The molecule has 0 radical (unpaired) electrons. The fourth-order valence-corrected chi connectivity index (χ4v) is 3.26. The summed E-state index contributed by atoms with van der Waals surface area (Å²) in [5, 5.41) is 6.33. The van der Waals surface area contributed by atoms with E-state index in [-0.39, 0.29) is 22.4 Å². The van der Waals surface area contributed by atoms with E-state index in [4.69, 9.17) is 27.9 Å². The van der Waals surface area contributed by atoms with Crippen molar-refractivity contribution in [3.05, 3.63) is 63.6 Å². The van der Waals surface area contributed by atoms with E-state index < -0.39 is 11.9 Å². The molecule has 0 bridgehead atoms. The highest BCUT2D eigenvalue weighted by Crippen LogP contribution is 2.21. The Labute approximate surface area is 175 Å². The largest absolute Gasteiger partial charge is 0.496 e. The molecule has 0 aliphatic rings. The maximum Gasteiger partial charge on any atom is 0.253 e. The van der Waals surface area contributed by atoms with E-state index in [9.17, 15) is 9.59 Å². The van der Waals surface area contributed by atoms with Gasteiger partial charge >= 0.3 is 0 Å². The zero-order valence-electron chi connectivity index (χ0n) is 16.1. The summed E-state index contributed by atoms with van der Waals surface area (Å²) in [4.78, 5) is 25.3. The van der Waals surface area contributed by atoms with Gasteiger partial charge in [-0.1, -0.05) is 55.2 Å². The first kappa shape index (κ1) is 22.1. The normalized spacial score (nSPS) is 11.8. The van der Waals surface area contributed by atoms with Crippen LogP contribution < -0.4 is 15.4 Å². The van der Waals surface area contributed by atoms with Crippen LogP contribution in [0.1, 0.15) is 36.2 Å². The number of rotatable bonds is 8. The van der Waals surface area contributed by atoms with E-state index in [0.29, 0.717) is 23.7 Å². The van der Waals surface area contributed by atoms with E-state index in [1.54, 1.807) is 19.2 Å². The van der Waals surface area contributed by atoms with Gasteiger partial charge in [-0.15, -0.1) is 0 Å². The number of ether oxygens (including phenoxy) is 1. The molecule has 2 N–H and O–H groups in total. The Morgan fingerprint density at radius 3 is 2.46 bits per heavy atom. The summed E-state index contributed by atoms with van der Waals surface area (Å²) in [6.45, 7) is 4.28. The molecule has 0 saturated carbocycles. The Bertz CT molecular complexity index is 840. The third kappa shape index (κ3) is 6.14. The molecule has 0 aliphatic carbocycles. The number of amides is 2. The molecule has 5 nitrogen and oxygen atoms in total. The molecule has 2 aromatic carbocycles. The second kappa shape index (κ2) is 10.3. The lowest BCUT2D eigenvalue weighted by Crippen LogP contribution is -2.47. The first-order valence-corrected chi connectivity index (χ1v) is 9.73. The van der Waals surface area contributed by atoms with Crippen molar-refractivity contribution < 1.29 is 14.3 Å². The van der Waals surface area contributed by atoms with Crippen LogP contribution in [0.5, 0.6) is 5.75 Å². The quantitative estimate of drug-likeness (QED) is 0.659. The lowest BCUT2D eigenvalue weighted by atomic mass is 10.0. The van der Waals surface area contributed by atoms with Gasteiger partial charge in [0.25, 0.3) is 5.91 Å². The second-order valence-electron chi connectivity index (χ2n) is 6.81. The minimum absolute atomic E-state index is 0.211. The number of halogens is 2. The SMILES string of the molecule is COc1ccccc1CNC(=O)C(CC(C)C)NC(=O)c1ccc(Cl)cc1Cl. The smallest absolute Gasteiger partial charge is 0.253 e. The molecule has 2 rings (SSSR count). The van der Waals surface area contributed by atoms with E-state index >= 15 is 0 Å². The van der Waals surface area contributed by atoms with Gasteiger partial charge in [-0.05, 0) is 36.6 Å². The van der Waals surface area contributed by atoms with Crippen molar-refractivity contribution >= 4 is 35.0 Å². The number of methoxy groups -OCH3 is 1. The summed E-state index contributed by atoms with van der Waals surface area (Å²) >= 11 is 12.0. The van der Waals surface area contributed by atoms with E-state index in [2.05, 4.69) is 10.6 Å². The molecule has 0 heterocycles. The highest BCUT2D eigenvalue weighted by Gasteiger charge is 2.23. The third-order valence-corrected chi connectivity index (χ3v) is 4.70. The molecule has 0 aliphatic heterocycles. The Balaban J connectivity index is 2.09. The molecule has 2 aromatic rings. The minimum atomic E-state index is -0.686. The Morgan fingerprint density at radius 1 is 1.11 bits per heavy atom. The van der Waals surface area contributed by atoms with Crippen LogP contribution in [0.4, 0.5) is 0 Å². The van der Waals surface area contributed by atoms with E-state index in [1.807, 2.05) is 38.1 Å². The number of hydrogen-bond donors (Lipinski definition) is 2. The zero-order chi connectivity index (χ0) is 20.7. The average Bonchev–Trinajstić information content (AvgIpc) is 2.65. The average molecular weight is 423 g/mol. The molecule has 7 heteroatoms. The van der Waals surface area contributed by atoms with Crippen LogP contribution in [-0.4, -0.2) is 25.0 Å². The van der Waals surface area contributed by atoms with Gasteiger partial charge in [0.15, 0.2) is 0 Å². The van der Waals surface area contributed by atoms with Crippen molar-refractivity contribution in [2.75, 3.05) is 7.11 Å². The summed E-state index contributed by atoms with van der Waals surface area (Å²) < 4.78 is 5.30. The maximum atomic E-state index is 12.7. The fourth-order valence-electron chi connectivity index (χ4n) is 2.77. The fraction of sp³-hybridized carbons (Fsp3) is 0.333. The van der Waals surface area contributed by atoms with Crippen LogP contribution in [-0.2, 0) is 11.3 Å². The molecular weight excluding hydrogens is 399 g/mol. The number of nitrogens with one attached hydrogen (secondary N) is 2. The molecule has 0 aromatic heterocycles. The summed E-state index contributed by atoms with van der Waals surface area (Å²) in [5.74, 6) is 0.223. The Kier molecular flexibility index (Phi) is 8.15. The van der Waals surface area contributed by atoms with Crippen LogP contribution in [0.15, 0.2) is 42.5 Å². The lowest BCUT2D eigenvalue weighted by Gasteiger charge is -2.21. The predicted molar refractivity (Wildman–Crippen MR) is 112 cm³/mol. The van der Waals surface area contributed by atoms with Crippen LogP contribution in [0.3, 0.4) is 0 Å². The predicted octanol–water partition coefficient (Wildman–Crippen LogP) is 4.46. The van der Waals surface area contributed by atoms with Gasteiger partial charge in [-0.25, -0.2) is 0 Å². The second-order valence-corrected chi connectivity index (χ2v) is 7.65. The Morgan fingerprint density at radius 2 is 1.82 bits per heavy atom. The van der Waals surface area contributed by atoms with Crippen molar-refractivity contribution in [2.45, 2.75) is 32.9 Å². The van der Waals surface area contributed by atoms with E-state index in [1.165, 1.54) is 6.07 Å². The standard InChI is InChI=1S/C21H24Cl2N2O3/c1-13(2)10-18(25-20(26)16-9-8-15(22)11-17(16)23)21(27)24-12-14-6-4-5-7-19(14)28-3/h4-9,11,13,18H,10,12H2,1-3H3,(H,24,27)(H,25,26). The van der Waals surface area contributed by atoms with Crippen LogP contribution >= 0.6 is 23.2 Å². The Hall–Kier alpha value is -2.24. The monoisotopic (exact) mass is 422 g/mol. The minimum Gasteiger partial charge on any atom is -0.496 e. The molecule has 1 atom stereocenters.